The molecule has 2 aromatic heterocycles. The van der Waals surface area contributed by atoms with Crippen LogP contribution in [0.15, 0.2) is 21.3 Å². The van der Waals surface area contributed by atoms with E-state index in [-0.39, 0.29) is 0 Å². The van der Waals surface area contributed by atoms with Gasteiger partial charge in [-0.15, -0.1) is 0 Å². The zero-order chi connectivity index (χ0) is 13.8. The molecule has 0 saturated carbocycles. The lowest BCUT2D eigenvalue weighted by molar-refractivity contribution is -0.141. The highest BCUT2D eigenvalue weighted by atomic mass is 32.1. The first kappa shape index (κ1) is 13.7. The third kappa shape index (κ3) is 3.62. The minimum atomic E-state index is -0.809. The van der Waals surface area contributed by atoms with Gasteiger partial charge in [-0.25, -0.2) is 0 Å². The number of carbonyl (C=O) groups is 1. The van der Waals surface area contributed by atoms with Crippen LogP contribution < -0.4 is 0 Å². The molecular weight excluding hydrogens is 266 g/mol. The smallest absolute Gasteiger partial charge is 0.307 e. The molecule has 0 aliphatic carbocycles. The maximum absolute atomic E-state index is 10.8. The predicted octanol–water partition coefficient (Wildman–Crippen LogP) is 1.95. The molecule has 2 heterocycles. The molecular formula is C12H15N3O3S. The first-order valence-electron chi connectivity index (χ1n) is 5.82. The number of aliphatic carboxylic acids is 1. The number of nitrogens with zero attached hydrogens (tertiary/aromatic N) is 3. The zero-order valence-electron chi connectivity index (χ0n) is 10.7. The van der Waals surface area contributed by atoms with Crippen molar-refractivity contribution in [3.8, 4) is 11.4 Å². The summed E-state index contributed by atoms with van der Waals surface area (Å²) in [4.78, 5) is 16.9. The Morgan fingerprint density at radius 1 is 1.63 bits per heavy atom. The molecule has 102 valence electrons. The summed E-state index contributed by atoms with van der Waals surface area (Å²) in [6.07, 6.45) is 0. The van der Waals surface area contributed by atoms with Gasteiger partial charge >= 0.3 is 5.97 Å². The van der Waals surface area contributed by atoms with Crippen LogP contribution in [0.5, 0.6) is 0 Å². The Balaban J connectivity index is 1.95. The number of rotatable bonds is 6. The third-order valence-corrected chi connectivity index (χ3v) is 3.34. The van der Waals surface area contributed by atoms with Crippen molar-refractivity contribution in [1.82, 2.24) is 15.0 Å². The van der Waals surface area contributed by atoms with Crippen molar-refractivity contribution < 1.29 is 14.4 Å². The van der Waals surface area contributed by atoms with Crippen LogP contribution in [-0.4, -0.2) is 39.7 Å². The average Bonchev–Trinajstić information content (AvgIpc) is 2.97. The van der Waals surface area contributed by atoms with Crippen LogP contribution in [0.25, 0.3) is 11.4 Å². The first-order valence-corrected chi connectivity index (χ1v) is 6.77. The first-order chi connectivity index (χ1) is 9.06. The SMILES string of the molecule is CC(CN(C)Cc1nc(-c2ccsc2)no1)C(=O)O. The predicted molar refractivity (Wildman–Crippen MR) is 70.7 cm³/mol. The lowest BCUT2D eigenvalue weighted by Gasteiger charge is -2.16. The monoisotopic (exact) mass is 281 g/mol. The second-order valence-electron chi connectivity index (χ2n) is 4.46. The van der Waals surface area contributed by atoms with Crippen molar-refractivity contribution in [1.29, 1.82) is 0 Å². The van der Waals surface area contributed by atoms with Crippen LogP contribution in [0.3, 0.4) is 0 Å². The molecule has 0 amide bonds. The van der Waals surface area contributed by atoms with Gasteiger partial charge in [0.1, 0.15) is 0 Å². The van der Waals surface area contributed by atoms with E-state index in [1.807, 2.05) is 28.8 Å². The Hall–Kier alpha value is -1.73. The van der Waals surface area contributed by atoms with Gasteiger partial charge in [0.25, 0.3) is 0 Å². The van der Waals surface area contributed by atoms with E-state index in [0.717, 1.165) is 5.56 Å². The van der Waals surface area contributed by atoms with Crippen LogP contribution in [0.4, 0.5) is 0 Å². The zero-order valence-corrected chi connectivity index (χ0v) is 11.6. The molecule has 2 aromatic rings. The second kappa shape index (κ2) is 5.94. The quantitative estimate of drug-likeness (QED) is 0.871. The molecule has 19 heavy (non-hydrogen) atoms. The fraction of sp³-hybridized carbons (Fsp3) is 0.417. The molecule has 0 bridgehead atoms. The van der Waals surface area contributed by atoms with Gasteiger partial charge in [-0.2, -0.15) is 16.3 Å². The lowest BCUT2D eigenvalue weighted by atomic mass is 10.2. The van der Waals surface area contributed by atoms with E-state index in [9.17, 15) is 4.79 Å². The highest BCUT2D eigenvalue weighted by molar-refractivity contribution is 7.08. The van der Waals surface area contributed by atoms with Gasteiger partial charge < -0.3 is 9.63 Å². The molecule has 0 aliphatic heterocycles. The summed E-state index contributed by atoms with van der Waals surface area (Å²) in [5, 5.41) is 16.7. The van der Waals surface area contributed by atoms with Gasteiger partial charge in [-0.1, -0.05) is 12.1 Å². The highest BCUT2D eigenvalue weighted by Gasteiger charge is 2.16. The van der Waals surface area contributed by atoms with Crippen LogP contribution in [0.1, 0.15) is 12.8 Å². The van der Waals surface area contributed by atoms with Crippen LogP contribution in [0.2, 0.25) is 0 Å². The largest absolute Gasteiger partial charge is 0.481 e. The number of hydrogen-bond donors (Lipinski definition) is 1. The van der Waals surface area contributed by atoms with Crippen LogP contribution in [-0.2, 0) is 11.3 Å². The highest BCUT2D eigenvalue weighted by Crippen LogP contribution is 2.19. The van der Waals surface area contributed by atoms with Crippen molar-refractivity contribution in [2.24, 2.45) is 5.92 Å². The summed E-state index contributed by atoms with van der Waals surface area (Å²) in [7, 11) is 1.83. The summed E-state index contributed by atoms with van der Waals surface area (Å²) >= 11 is 1.57. The Labute approximate surface area is 114 Å². The molecule has 0 saturated heterocycles. The van der Waals surface area contributed by atoms with E-state index in [1.165, 1.54) is 0 Å². The van der Waals surface area contributed by atoms with E-state index in [1.54, 1.807) is 18.3 Å². The molecule has 7 heteroatoms. The van der Waals surface area contributed by atoms with Gasteiger partial charge in [-0.05, 0) is 18.5 Å². The van der Waals surface area contributed by atoms with Crippen molar-refractivity contribution in [3.05, 3.63) is 22.7 Å². The minimum Gasteiger partial charge on any atom is -0.481 e. The van der Waals surface area contributed by atoms with Gasteiger partial charge in [0.15, 0.2) is 0 Å². The van der Waals surface area contributed by atoms with Crippen LogP contribution >= 0.6 is 11.3 Å². The maximum atomic E-state index is 10.8. The topological polar surface area (TPSA) is 79.5 Å². The summed E-state index contributed by atoms with van der Waals surface area (Å²) in [6, 6.07) is 1.93. The van der Waals surface area contributed by atoms with Gasteiger partial charge in [0, 0.05) is 17.5 Å². The molecule has 0 aromatic carbocycles. The van der Waals surface area contributed by atoms with Crippen molar-refractivity contribution >= 4 is 17.3 Å². The number of thiophene rings is 1. The fourth-order valence-electron chi connectivity index (χ4n) is 1.67. The standard InChI is InChI=1S/C12H15N3O3S/c1-8(12(16)17)5-15(2)6-10-13-11(14-18-10)9-3-4-19-7-9/h3-4,7-8H,5-6H2,1-2H3,(H,16,17). The average molecular weight is 281 g/mol. The minimum absolute atomic E-state index is 0.427. The van der Waals surface area contributed by atoms with Crippen molar-refractivity contribution in [3.63, 3.8) is 0 Å². The summed E-state index contributed by atoms with van der Waals surface area (Å²) in [5.41, 5.74) is 0.932. The van der Waals surface area contributed by atoms with Crippen molar-refractivity contribution in [2.45, 2.75) is 13.5 Å². The summed E-state index contributed by atoms with van der Waals surface area (Å²) in [6.45, 7) is 2.55. The fourth-order valence-corrected chi connectivity index (χ4v) is 2.30. The van der Waals surface area contributed by atoms with E-state index >= 15 is 0 Å². The number of aromatic nitrogens is 2. The Morgan fingerprint density at radius 2 is 2.42 bits per heavy atom. The summed E-state index contributed by atoms with van der Waals surface area (Å²) < 4.78 is 5.16. The number of hydrogen-bond acceptors (Lipinski definition) is 6. The lowest BCUT2D eigenvalue weighted by Crippen LogP contribution is -2.28. The van der Waals surface area contributed by atoms with E-state index in [2.05, 4.69) is 10.1 Å². The Morgan fingerprint density at radius 3 is 3.05 bits per heavy atom. The molecule has 1 unspecified atom stereocenters. The third-order valence-electron chi connectivity index (χ3n) is 2.66. The molecule has 0 spiro atoms. The maximum Gasteiger partial charge on any atom is 0.307 e. The molecule has 2 rings (SSSR count). The van der Waals surface area contributed by atoms with Crippen LogP contribution in [0, 0.1) is 5.92 Å². The summed E-state index contributed by atoms with van der Waals surface area (Å²) in [5.74, 6) is -0.183. The van der Waals surface area contributed by atoms with E-state index in [0.29, 0.717) is 24.8 Å². The normalized spacial score (nSPS) is 12.8. The molecule has 1 N–H and O–H groups in total. The van der Waals surface area contributed by atoms with E-state index < -0.39 is 11.9 Å². The molecule has 0 aliphatic rings. The molecule has 0 fully saturated rings. The Bertz CT molecular complexity index is 538. The van der Waals surface area contributed by atoms with Crippen molar-refractivity contribution in [2.75, 3.05) is 13.6 Å². The number of carboxylic acid groups (broad SMARTS) is 1. The second-order valence-corrected chi connectivity index (χ2v) is 5.24. The van der Waals surface area contributed by atoms with Gasteiger partial charge in [0.2, 0.25) is 11.7 Å². The van der Waals surface area contributed by atoms with E-state index in [4.69, 9.17) is 9.63 Å². The van der Waals surface area contributed by atoms with Gasteiger partial charge in [0.05, 0.1) is 12.5 Å². The molecule has 1 atom stereocenters. The molecule has 6 nitrogen and oxygen atoms in total. The number of carboxylic acids is 1. The Kier molecular flexibility index (Phi) is 4.28. The molecule has 0 radical (unpaired) electrons. The van der Waals surface area contributed by atoms with Gasteiger partial charge in [-0.3, -0.25) is 9.69 Å².